The van der Waals surface area contributed by atoms with E-state index in [0.29, 0.717) is 11.4 Å². The van der Waals surface area contributed by atoms with Gasteiger partial charge in [-0.3, -0.25) is 4.79 Å². The van der Waals surface area contributed by atoms with Gasteiger partial charge in [0.15, 0.2) is 0 Å². The van der Waals surface area contributed by atoms with Crippen LogP contribution in [0.3, 0.4) is 0 Å². The van der Waals surface area contributed by atoms with Crippen molar-refractivity contribution in [2.45, 2.75) is 5.88 Å². The number of amides is 1. The summed E-state index contributed by atoms with van der Waals surface area (Å²) >= 11 is 12.5. The molecule has 0 saturated heterocycles. The first-order valence-electron chi connectivity index (χ1n) is 5.51. The number of alkyl halides is 1. The average Bonchev–Trinajstić information content (AvgIpc) is 2.42. The van der Waals surface area contributed by atoms with E-state index in [9.17, 15) is 4.79 Å². The summed E-state index contributed by atoms with van der Waals surface area (Å²) in [5, 5.41) is 2.85. The molecule has 2 aromatic rings. The van der Waals surface area contributed by atoms with Gasteiger partial charge in [0, 0.05) is 20.4 Å². The molecule has 19 heavy (non-hydrogen) atoms. The molecule has 5 heteroatoms. The van der Waals surface area contributed by atoms with Crippen LogP contribution in [-0.4, -0.2) is 5.91 Å². The average molecular weight is 404 g/mol. The topological polar surface area (TPSA) is 29.1 Å². The second-order valence-electron chi connectivity index (χ2n) is 3.91. The van der Waals surface area contributed by atoms with Gasteiger partial charge in [-0.05, 0) is 51.8 Å². The molecular weight excluding hydrogens is 393 g/mol. The molecule has 0 heterocycles. The largest absolute Gasteiger partial charge is 0.321 e. The lowest BCUT2D eigenvalue weighted by molar-refractivity contribution is 0.102. The maximum atomic E-state index is 12.1. The second-order valence-corrected chi connectivity index (χ2v) is 5.95. The van der Waals surface area contributed by atoms with E-state index in [-0.39, 0.29) is 5.91 Å². The third kappa shape index (κ3) is 3.81. The van der Waals surface area contributed by atoms with E-state index in [1.54, 1.807) is 12.1 Å². The van der Waals surface area contributed by atoms with E-state index in [1.165, 1.54) is 0 Å². The van der Waals surface area contributed by atoms with Crippen molar-refractivity contribution in [1.82, 2.24) is 0 Å². The smallest absolute Gasteiger partial charge is 0.255 e. The highest BCUT2D eigenvalue weighted by molar-refractivity contribution is 9.11. The summed E-state index contributed by atoms with van der Waals surface area (Å²) in [5.74, 6) is 0.296. The third-order valence-electron chi connectivity index (χ3n) is 2.55. The van der Waals surface area contributed by atoms with Gasteiger partial charge in [-0.1, -0.05) is 28.1 Å². The van der Waals surface area contributed by atoms with Gasteiger partial charge in [0.05, 0.1) is 5.69 Å². The number of nitrogens with one attached hydrogen (secondary N) is 1. The summed E-state index contributed by atoms with van der Waals surface area (Å²) < 4.78 is 1.77. The minimum atomic E-state index is -0.149. The summed E-state index contributed by atoms with van der Waals surface area (Å²) in [4.78, 5) is 12.1. The Balaban J connectivity index is 2.15. The molecule has 0 aliphatic rings. The molecule has 0 fully saturated rings. The van der Waals surface area contributed by atoms with Crippen LogP contribution in [0.2, 0.25) is 0 Å². The van der Waals surface area contributed by atoms with Crippen molar-refractivity contribution in [3.05, 3.63) is 62.5 Å². The van der Waals surface area contributed by atoms with Gasteiger partial charge in [0.25, 0.3) is 5.91 Å². The molecule has 0 unspecified atom stereocenters. The molecule has 0 atom stereocenters. The number of carbonyl (C=O) groups is 1. The Hall–Kier alpha value is -0.840. The highest BCUT2D eigenvalue weighted by Crippen LogP contribution is 2.26. The molecule has 2 nitrogen and oxygen atoms in total. The number of rotatable bonds is 3. The molecule has 0 aliphatic carbocycles. The maximum Gasteiger partial charge on any atom is 0.255 e. The zero-order valence-corrected chi connectivity index (χ0v) is 13.7. The standard InChI is InChI=1S/C14H10Br2ClNO/c15-11-5-6-13(12(16)7-11)18-14(19)10-3-1-9(8-17)2-4-10/h1-7H,8H2,(H,18,19). The quantitative estimate of drug-likeness (QED) is 0.701. The van der Waals surface area contributed by atoms with Crippen molar-refractivity contribution in [2.75, 3.05) is 5.32 Å². The van der Waals surface area contributed by atoms with Crippen molar-refractivity contribution < 1.29 is 4.79 Å². The molecule has 98 valence electrons. The third-order valence-corrected chi connectivity index (χ3v) is 4.01. The Morgan fingerprint density at radius 2 is 1.79 bits per heavy atom. The van der Waals surface area contributed by atoms with Crippen LogP contribution in [-0.2, 0) is 5.88 Å². The van der Waals surface area contributed by atoms with E-state index in [0.717, 1.165) is 20.2 Å². The summed E-state index contributed by atoms with van der Waals surface area (Å²) in [7, 11) is 0. The lowest BCUT2D eigenvalue weighted by Gasteiger charge is -2.08. The Labute approximate surface area is 133 Å². The van der Waals surface area contributed by atoms with Crippen molar-refractivity contribution in [3.8, 4) is 0 Å². The van der Waals surface area contributed by atoms with Crippen LogP contribution in [0.1, 0.15) is 15.9 Å². The molecule has 0 spiro atoms. The SMILES string of the molecule is O=C(Nc1ccc(Br)cc1Br)c1ccc(CCl)cc1. The number of halogens is 3. The first-order valence-corrected chi connectivity index (χ1v) is 7.63. The molecule has 0 aromatic heterocycles. The lowest BCUT2D eigenvalue weighted by Crippen LogP contribution is -2.12. The molecule has 0 bridgehead atoms. The number of benzene rings is 2. The van der Waals surface area contributed by atoms with Gasteiger partial charge in [-0.2, -0.15) is 0 Å². The molecule has 1 amide bonds. The van der Waals surface area contributed by atoms with Crippen molar-refractivity contribution >= 4 is 55.1 Å². The van der Waals surface area contributed by atoms with Crippen molar-refractivity contribution in [2.24, 2.45) is 0 Å². The molecule has 2 aromatic carbocycles. The molecule has 2 rings (SSSR count). The van der Waals surface area contributed by atoms with Gasteiger partial charge in [0.1, 0.15) is 0 Å². The molecular formula is C14H10Br2ClNO. The summed E-state index contributed by atoms with van der Waals surface area (Å²) in [6, 6.07) is 12.8. The predicted octanol–water partition coefficient (Wildman–Crippen LogP) is 5.20. The van der Waals surface area contributed by atoms with Crippen molar-refractivity contribution in [1.29, 1.82) is 0 Å². The fraction of sp³-hybridized carbons (Fsp3) is 0.0714. The fourth-order valence-electron chi connectivity index (χ4n) is 1.53. The fourth-order valence-corrected chi connectivity index (χ4v) is 2.85. The maximum absolute atomic E-state index is 12.1. The Kier molecular flexibility index (Phi) is 5.02. The van der Waals surface area contributed by atoms with Crippen LogP contribution in [0.25, 0.3) is 0 Å². The van der Waals surface area contributed by atoms with E-state index in [2.05, 4.69) is 37.2 Å². The number of hydrogen-bond acceptors (Lipinski definition) is 1. The number of hydrogen-bond donors (Lipinski definition) is 1. The van der Waals surface area contributed by atoms with E-state index < -0.39 is 0 Å². The van der Waals surface area contributed by atoms with Gasteiger partial charge in [0.2, 0.25) is 0 Å². The summed E-state index contributed by atoms with van der Waals surface area (Å²) in [6.07, 6.45) is 0. The van der Waals surface area contributed by atoms with Crippen LogP contribution in [0, 0.1) is 0 Å². The Morgan fingerprint density at radius 3 is 2.37 bits per heavy atom. The van der Waals surface area contributed by atoms with Crippen LogP contribution in [0.5, 0.6) is 0 Å². The molecule has 0 saturated carbocycles. The van der Waals surface area contributed by atoms with E-state index in [1.807, 2.05) is 30.3 Å². The molecule has 0 aliphatic heterocycles. The first kappa shape index (κ1) is 14.6. The minimum Gasteiger partial charge on any atom is -0.321 e. The van der Waals surface area contributed by atoms with Crippen LogP contribution in [0.15, 0.2) is 51.4 Å². The lowest BCUT2D eigenvalue weighted by atomic mass is 10.1. The highest BCUT2D eigenvalue weighted by Gasteiger charge is 2.08. The zero-order chi connectivity index (χ0) is 13.8. The highest BCUT2D eigenvalue weighted by atomic mass is 79.9. The zero-order valence-electron chi connectivity index (χ0n) is 9.79. The van der Waals surface area contributed by atoms with Gasteiger partial charge in [-0.15, -0.1) is 11.6 Å². The van der Waals surface area contributed by atoms with Crippen molar-refractivity contribution in [3.63, 3.8) is 0 Å². The normalized spacial score (nSPS) is 10.3. The van der Waals surface area contributed by atoms with Gasteiger partial charge >= 0.3 is 0 Å². The number of carbonyl (C=O) groups excluding carboxylic acids is 1. The monoisotopic (exact) mass is 401 g/mol. The molecule has 1 N–H and O–H groups in total. The Bertz CT molecular complexity index is 599. The first-order chi connectivity index (χ1) is 9.10. The van der Waals surface area contributed by atoms with Crippen LogP contribution < -0.4 is 5.32 Å². The minimum absolute atomic E-state index is 0.149. The molecule has 0 radical (unpaired) electrons. The number of anilines is 1. The predicted molar refractivity (Wildman–Crippen MR) is 85.8 cm³/mol. The van der Waals surface area contributed by atoms with Crippen LogP contribution in [0.4, 0.5) is 5.69 Å². The van der Waals surface area contributed by atoms with Crippen LogP contribution >= 0.6 is 43.5 Å². The van der Waals surface area contributed by atoms with Gasteiger partial charge in [-0.25, -0.2) is 0 Å². The summed E-state index contributed by atoms with van der Waals surface area (Å²) in [5.41, 5.74) is 2.32. The Morgan fingerprint density at radius 1 is 1.11 bits per heavy atom. The van der Waals surface area contributed by atoms with E-state index >= 15 is 0 Å². The summed E-state index contributed by atoms with van der Waals surface area (Å²) in [6.45, 7) is 0. The van der Waals surface area contributed by atoms with Gasteiger partial charge < -0.3 is 5.32 Å². The van der Waals surface area contributed by atoms with E-state index in [4.69, 9.17) is 11.6 Å². The second kappa shape index (κ2) is 6.55.